The third-order valence-corrected chi connectivity index (χ3v) is 2.28. The lowest BCUT2D eigenvalue weighted by atomic mass is 10.3. The largest absolute Gasteiger partial charge is 0.439 e. The van der Waals surface area contributed by atoms with Crippen LogP contribution in [0.2, 0.25) is 5.02 Å². The molecule has 0 bridgehead atoms. The fourth-order valence-electron chi connectivity index (χ4n) is 1.20. The second kappa shape index (κ2) is 4.81. The predicted octanol–water partition coefficient (Wildman–Crippen LogP) is 3.54. The molecule has 0 unspecified atom stereocenters. The molecule has 0 saturated carbocycles. The van der Waals surface area contributed by atoms with Crippen LogP contribution in [-0.2, 0) is 0 Å². The monoisotopic (exact) mass is 248 g/mol. The summed E-state index contributed by atoms with van der Waals surface area (Å²) in [6.07, 6.45) is 1.44. The Morgan fingerprint density at radius 3 is 2.82 bits per heavy atom. The summed E-state index contributed by atoms with van der Waals surface area (Å²) < 4.78 is 18.4. The molecule has 2 aromatic rings. The Bertz CT molecular complexity index is 595. The van der Waals surface area contributed by atoms with Crippen LogP contribution < -0.4 is 4.74 Å². The zero-order chi connectivity index (χ0) is 12.3. The number of ether oxygens (including phenoxy) is 1. The van der Waals surface area contributed by atoms with Gasteiger partial charge in [-0.3, -0.25) is 0 Å². The zero-order valence-electron chi connectivity index (χ0n) is 8.52. The molecule has 0 N–H and O–H groups in total. The summed E-state index contributed by atoms with van der Waals surface area (Å²) >= 11 is 5.54. The van der Waals surface area contributed by atoms with Gasteiger partial charge in [0.15, 0.2) is 0 Å². The van der Waals surface area contributed by atoms with E-state index in [1.165, 1.54) is 24.4 Å². The van der Waals surface area contributed by atoms with E-state index in [0.29, 0.717) is 5.56 Å². The summed E-state index contributed by atoms with van der Waals surface area (Å²) in [6, 6.07) is 9.04. The summed E-state index contributed by atoms with van der Waals surface area (Å²) in [6.45, 7) is 0. The lowest BCUT2D eigenvalue weighted by Gasteiger charge is -2.04. The highest BCUT2D eigenvalue weighted by Gasteiger charge is 2.04. The Labute approximate surface area is 102 Å². The second-order valence-electron chi connectivity index (χ2n) is 3.17. The molecule has 0 atom stereocenters. The van der Waals surface area contributed by atoms with E-state index in [0.717, 1.165) is 6.07 Å². The Hall–Kier alpha value is -2.12. The van der Waals surface area contributed by atoms with Crippen LogP contribution in [-0.4, -0.2) is 4.98 Å². The molecule has 0 spiro atoms. The van der Waals surface area contributed by atoms with Crippen molar-refractivity contribution in [2.75, 3.05) is 0 Å². The van der Waals surface area contributed by atoms with E-state index in [1.54, 1.807) is 6.07 Å². The molecule has 5 heteroatoms. The predicted molar refractivity (Wildman–Crippen MR) is 60.4 cm³/mol. The van der Waals surface area contributed by atoms with E-state index in [-0.39, 0.29) is 16.7 Å². The highest BCUT2D eigenvalue weighted by atomic mass is 35.5. The minimum Gasteiger partial charge on any atom is -0.439 e. The van der Waals surface area contributed by atoms with Gasteiger partial charge in [0.05, 0.1) is 16.7 Å². The Balaban J connectivity index is 2.25. The average Bonchev–Trinajstić information content (AvgIpc) is 2.34. The molecular weight excluding hydrogens is 243 g/mol. The molecular formula is C12H6ClFN2O. The van der Waals surface area contributed by atoms with Gasteiger partial charge >= 0.3 is 0 Å². The molecule has 1 aromatic heterocycles. The van der Waals surface area contributed by atoms with Crippen molar-refractivity contribution in [1.29, 1.82) is 5.26 Å². The number of pyridine rings is 1. The number of hydrogen-bond donors (Lipinski definition) is 0. The van der Waals surface area contributed by atoms with Gasteiger partial charge in [-0.05, 0) is 18.2 Å². The first kappa shape index (κ1) is 11.4. The number of rotatable bonds is 2. The Morgan fingerprint density at radius 1 is 1.29 bits per heavy atom. The standard InChI is InChI=1S/C12H6ClFN2O/c13-10-2-1-9(6-11(10)14)17-12-5-8(7-15)3-4-16-12/h1-6H. The molecule has 0 aliphatic carbocycles. The Kier molecular flexibility index (Phi) is 3.22. The summed E-state index contributed by atoms with van der Waals surface area (Å²) in [7, 11) is 0. The number of aromatic nitrogens is 1. The van der Waals surface area contributed by atoms with Crippen molar-refractivity contribution in [3.8, 4) is 17.7 Å². The van der Waals surface area contributed by atoms with Crippen molar-refractivity contribution in [2.24, 2.45) is 0 Å². The van der Waals surface area contributed by atoms with Crippen LogP contribution in [0, 0.1) is 17.1 Å². The molecule has 2 rings (SSSR count). The van der Waals surface area contributed by atoms with Crippen molar-refractivity contribution in [2.45, 2.75) is 0 Å². The van der Waals surface area contributed by atoms with Gasteiger partial charge in [0.1, 0.15) is 11.6 Å². The van der Waals surface area contributed by atoms with Crippen LogP contribution in [0.3, 0.4) is 0 Å². The molecule has 3 nitrogen and oxygen atoms in total. The van der Waals surface area contributed by atoms with Crippen LogP contribution in [0.25, 0.3) is 0 Å². The highest BCUT2D eigenvalue weighted by molar-refractivity contribution is 6.30. The quantitative estimate of drug-likeness (QED) is 0.817. The number of halogens is 2. The molecule has 0 radical (unpaired) electrons. The van der Waals surface area contributed by atoms with E-state index in [2.05, 4.69) is 4.98 Å². The molecule has 1 heterocycles. The molecule has 0 aliphatic rings. The van der Waals surface area contributed by atoms with Crippen molar-refractivity contribution in [3.05, 3.63) is 52.9 Å². The van der Waals surface area contributed by atoms with Crippen LogP contribution in [0.4, 0.5) is 4.39 Å². The molecule has 0 amide bonds. The summed E-state index contributed by atoms with van der Waals surface area (Å²) in [5.74, 6) is -0.0686. The van der Waals surface area contributed by atoms with Crippen LogP contribution in [0.5, 0.6) is 11.6 Å². The van der Waals surface area contributed by atoms with E-state index < -0.39 is 5.82 Å². The molecule has 0 fully saturated rings. The van der Waals surface area contributed by atoms with E-state index in [1.807, 2.05) is 6.07 Å². The highest BCUT2D eigenvalue weighted by Crippen LogP contribution is 2.24. The summed E-state index contributed by atoms with van der Waals surface area (Å²) in [5.41, 5.74) is 0.421. The average molecular weight is 249 g/mol. The first-order valence-corrected chi connectivity index (χ1v) is 5.06. The van der Waals surface area contributed by atoms with Gasteiger partial charge in [0.2, 0.25) is 5.88 Å². The van der Waals surface area contributed by atoms with Crippen molar-refractivity contribution < 1.29 is 9.13 Å². The van der Waals surface area contributed by atoms with Crippen molar-refractivity contribution in [1.82, 2.24) is 4.98 Å². The van der Waals surface area contributed by atoms with Crippen LogP contribution in [0.15, 0.2) is 36.5 Å². The third kappa shape index (κ3) is 2.71. The number of nitriles is 1. The third-order valence-electron chi connectivity index (χ3n) is 1.98. The van der Waals surface area contributed by atoms with Gasteiger partial charge < -0.3 is 4.74 Å². The normalized spacial score (nSPS) is 9.71. The van der Waals surface area contributed by atoms with Gasteiger partial charge in [-0.2, -0.15) is 5.26 Å². The van der Waals surface area contributed by atoms with Crippen LogP contribution >= 0.6 is 11.6 Å². The smallest absolute Gasteiger partial charge is 0.220 e. The van der Waals surface area contributed by atoms with Gasteiger partial charge in [-0.1, -0.05) is 11.6 Å². The zero-order valence-corrected chi connectivity index (χ0v) is 9.28. The van der Waals surface area contributed by atoms with E-state index >= 15 is 0 Å². The molecule has 17 heavy (non-hydrogen) atoms. The van der Waals surface area contributed by atoms with Gasteiger partial charge in [-0.25, -0.2) is 9.37 Å². The molecule has 84 valence electrons. The minimum absolute atomic E-state index is 0.0242. The van der Waals surface area contributed by atoms with Crippen molar-refractivity contribution >= 4 is 11.6 Å². The number of nitrogens with zero attached hydrogens (tertiary/aromatic N) is 2. The summed E-state index contributed by atoms with van der Waals surface area (Å²) in [5, 5.41) is 8.72. The number of hydrogen-bond acceptors (Lipinski definition) is 3. The van der Waals surface area contributed by atoms with Crippen LogP contribution in [0.1, 0.15) is 5.56 Å². The lowest BCUT2D eigenvalue weighted by molar-refractivity contribution is 0.458. The van der Waals surface area contributed by atoms with Crippen molar-refractivity contribution in [3.63, 3.8) is 0 Å². The summed E-state index contributed by atoms with van der Waals surface area (Å²) in [4.78, 5) is 3.91. The van der Waals surface area contributed by atoms with E-state index in [4.69, 9.17) is 21.6 Å². The Morgan fingerprint density at radius 2 is 2.12 bits per heavy atom. The topological polar surface area (TPSA) is 45.9 Å². The maximum Gasteiger partial charge on any atom is 0.220 e. The molecule has 1 aromatic carbocycles. The number of benzene rings is 1. The van der Waals surface area contributed by atoms with Gasteiger partial charge in [0, 0.05) is 18.3 Å². The first-order valence-electron chi connectivity index (χ1n) is 4.68. The maximum absolute atomic E-state index is 13.1. The fraction of sp³-hybridized carbons (Fsp3) is 0. The molecule has 0 saturated heterocycles. The van der Waals surface area contributed by atoms with Gasteiger partial charge in [-0.15, -0.1) is 0 Å². The fourth-order valence-corrected chi connectivity index (χ4v) is 1.31. The SMILES string of the molecule is N#Cc1ccnc(Oc2ccc(Cl)c(F)c2)c1. The second-order valence-corrected chi connectivity index (χ2v) is 3.58. The minimum atomic E-state index is -0.569. The molecule has 0 aliphatic heterocycles. The van der Waals surface area contributed by atoms with E-state index in [9.17, 15) is 4.39 Å². The first-order chi connectivity index (χ1) is 8.19. The lowest BCUT2D eigenvalue weighted by Crippen LogP contribution is -1.89. The van der Waals surface area contributed by atoms with Gasteiger partial charge in [0.25, 0.3) is 0 Å². The maximum atomic E-state index is 13.1.